The van der Waals surface area contributed by atoms with E-state index in [1.807, 2.05) is 38.9 Å². The zero-order chi connectivity index (χ0) is 15.7. The lowest BCUT2D eigenvalue weighted by molar-refractivity contribution is 0.287. The highest BCUT2D eigenvalue weighted by Gasteiger charge is 2.06. The smallest absolute Gasteiger partial charge is 0.193 e. The molecule has 0 aliphatic carbocycles. The van der Waals surface area contributed by atoms with Crippen molar-refractivity contribution in [2.75, 3.05) is 40.9 Å². The van der Waals surface area contributed by atoms with Crippen LogP contribution in [0.4, 0.5) is 0 Å². The molecule has 1 N–H and O–H groups in total. The van der Waals surface area contributed by atoms with Crippen LogP contribution in [0.2, 0.25) is 0 Å². The summed E-state index contributed by atoms with van der Waals surface area (Å²) >= 11 is 0. The predicted octanol–water partition coefficient (Wildman–Crippen LogP) is 2.16. The van der Waals surface area contributed by atoms with E-state index in [4.69, 9.17) is 9.47 Å². The Kier molecular flexibility index (Phi) is 7.43. The highest BCUT2D eigenvalue weighted by atomic mass is 16.5. The van der Waals surface area contributed by atoms with Crippen molar-refractivity contribution in [1.29, 1.82) is 0 Å². The number of hydrogen-bond donors (Lipinski definition) is 1. The van der Waals surface area contributed by atoms with Crippen molar-refractivity contribution in [3.05, 3.63) is 23.8 Å². The molecule has 0 heterocycles. The Morgan fingerprint density at radius 3 is 2.38 bits per heavy atom. The molecule has 0 aliphatic heterocycles. The highest BCUT2D eigenvalue weighted by Crippen LogP contribution is 2.28. The van der Waals surface area contributed by atoms with Gasteiger partial charge in [0.15, 0.2) is 17.5 Å². The fraction of sp³-hybridized carbons (Fsp3) is 0.562. The average molecular weight is 293 g/mol. The summed E-state index contributed by atoms with van der Waals surface area (Å²) in [6, 6.07) is 6.10. The normalized spacial score (nSPS) is 11.2. The van der Waals surface area contributed by atoms with Crippen LogP contribution in [0, 0.1) is 0 Å². The number of rotatable bonds is 7. The fourth-order valence-corrected chi connectivity index (χ4v) is 2.01. The molecule has 5 nitrogen and oxygen atoms in total. The first-order valence-corrected chi connectivity index (χ1v) is 7.38. The summed E-state index contributed by atoms with van der Waals surface area (Å²) in [7, 11) is 5.73. The van der Waals surface area contributed by atoms with Gasteiger partial charge in [-0.3, -0.25) is 4.99 Å². The van der Waals surface area contributed by atoms with Gasteiger partial charge in [0.2, 0.25) is 0 Å². The first kappa shape index (κ1) is 17.1. The van der Waals surface area contributed by atoms with E-state index in [0.29, 0.717) is 13.2 Å². The Balaban J connectivity index is 2.65. The maximum atomic E-state index is 5.64. The number of guanidine groups is 1. The quantitative estimate of drug-likeness (QED) is 0.618. The molecule has 21 heavy (non-hydrogen) atoms. The van der Waals surface area contributed by atoms with Gasteiger partial charge in [0, 0.05) is 27.7 Å². The minimum absolute atomic E-state index is 0.634. The monoisotopic (exact) mass is 293 g/mol. The van der Waals surface area contributed by atoms with Crippen molar-refractivity contribution < 1.29 is 9.47 Å². The summed E-state index contributed by atoms with van der Waals surface area (Å²) in [6.07, 6.45) is 0.902. The second-order valence-electron chi connectivity index (χ2n) is 4.77. The third-order valence-electron chi connectivity index (χ3n) is 2.94. The third-order valence-corrected chi connectivity index (χ3v) is 2.94. The number of ether oxygens (including phenoxy) is 2. The van der Waals surface area contributed by atoms with Crippen LogP contribution >= 0.6 is 0 Å². The standard InChI is InChI=1S/C16H27N3O2/c1-6-20-14-9-8-13(12-15(14)21-7-2)10-11-18-16(17-3)19(4)5/h8-9,12H,6-7,10-11H2,1-5H3,(H,17,18). The van der Waals surface area contributed by atoms with E-state index >= 15 is 0 Å². The maximum absolute atomic E-state index is 5.64. The lowest BCUT2D eigenvalue weighted by Crippen LogP contribution is -2.37. The molecule has 0 aromatic heterocycles. The van der Waals surface area contributed by atoms with Crippen molar-refractivity contribution in [3.8, 4) is 11.5 Å². The van der Waals surface area contributed by atoms with Crippen LogP contribution in [-0.4, -0.2) is 51.8 Å². The zero-order valence-electron chi connectivity index (χ0n) is 13.8. The molecule has 1 aromatic rings. The van der Waals surface area contributed by atoms with Gasteiger partial charge >= 0.3 is 0 Å². The molecule has 0 saturated heterocycles. The van der Waals surface area contributed by atoms with E-state index in [1.165, 1.54) is 5.56 Å². The maximum Gasteiger partial charge on any atom is 0.193 e. The minimum Gasteiger partial charge on any atom is -0.490 e. The minimum atomic E-state index is 0.634. The largest absolute Gasteiger partial charge is 0.490 e. The number of aliphatic imine (C=N–C) groups is 1. The SMILES string of the molecule is CCOc1ccc(CCNC(=NC)N(C)C)cc1OCC. The molecule has 0 aliphatic rings. The second-order valence-corrected chi connectivity index (χ2v) is 4.77. The number of hydrogen-bond acceptors (Lipinski definition) is 3. The van der Waals surface area contributed by atoms with Gasteiger partial charge in [-0.2, -0.15) is 0 Å². The molecular formula is C16H27N3O2. The van der Waals surface area contributed by atoms with Gasteiger partial charge in [-0.25, -0.2) is 0 Å². The molecule has 118 valence electrons. The lowest BCUT2D eigenvalue weighted by atomic mass is 10.1. The van der Waals surface area contributed by atoms with Crippen LogP contribution in [0.5, 0.6) is 11.5 Å². The Hall–Kier alpha value is -1.91. The van der Waals surface area contributed by atoms with Gasteiger partial charge in [0.25, 0.3) is 0 Å². The summed E-state index contributed by atoms with van der Waals surface area (Å²) in [6.45, 7) is 6.05. The topological polar surface area (TPSA) is 46.1 Å². The summed E-state index contributed by atoms with van der Waals surface area (Å²) < 4.78 is 11.2. The summed E-state index contributed by atoms with van der Waals surface area (Å²) in [4.78, 5) is 6.15. The second kappa shape index (κ2) is 9.10. The van der Waals surface area contributed by atoms with E-state index in [9.17, 15) is 0 Å². The van der Waals surface area contributed by atoms with Crippen LogP contribution in [0.1, 0.15) is 19.4 Å². The Bertz CT molecular complexity index is 459. The molecule has 0 atom stereocenters. The molecule has 0 unspecified atom stereocenters. The van der Waals surface area contributed by atoms with E-state index < -0.39 is 0 Å². The number of nitrogens with zero attached hydrogens (tertiary/aromatic N) is 2. The van der Waals surface area contributed by atoms with Crippen molar-refractivity contribution >= 4 is 5.96 Å². The van der Waals surface area contributed by atoms with E-state index in [1.54, 1.807) is 7.05 Å². The molecular weight excluding hydrogens is 266 g/mol. The highest BCUT2D eigenvalue weighted by molar-refractivity contribution is 5.79. The van der Waals surface area contributed by atoms with Crippen LogP contribution in [0.15, 0.2) is 23.2 Å². The van der Waals surface area contributed by atoms with Gasteiger partial charge in [0.1, 0.15) is 0 Å². The average Bonchev–Trinajstić information content (AvgIpc) is 2.46. The van der Waals surface area contributed by atoms with E-state index in [-0.39, 0.29) is 0 Å². The van der Waals surface area contributed by atoms with E-state index in [2.05, 4.69) is 22.4 Å². The van der Waals surface area contributed by atoms with Crippen LogP contribution in [0.3, 0.4) is 0 Å². The summed E-state index contributed by atoms with van der Waals surface area (Å²) in [5.74, 6) is 2.50. The Morgan fingerprint density at radius 1 is 1.14 bits per heavy atom. The molecule has 1 aromatic carbocycles. The molecule has 0 amide bonds. The van der Waals surface area contributed by atoms with Gasteiger partial charge in [-0.1, -0.05) is 6.07 Å². The molecule has 5 heteroatoms. The Labute approximate surface area is 128 Å². The van der Waals surface area contributed by atoms with Gasteiger partial charge in [-0.15, -0.1) is 0 Å². The van der Waals surface area contributed by atoms with E-state index in [0.717, 1.165) is 30.4 Å². The fourth-order valence-electron chi connectivity index (χ4n) is 2.01. The first-order chi connectivity index (χ1) is 10.1. The Morgan fingerprint density at radius 2 is 1.81 bits per heavy atom. The van der Waals surface area contributed by atoms with Crippen LogP contribution in [-0.2, 0) is 6.42 Å². The number of nitrogens with one attached hydrogen (secondary N) is 1. The van der Waals surface area contributed by atoms with Crippen LogP contribution in [0.25, 0.3) is 0 Å². The predicted molar refractivity (Wildman–Crippen MR) is 87.5 cm³/mol. The zero-order valence-corrected chi connectivity index (χ0v) is 13.8. The lowest BCUT2D eigenvalue weighted by Gasteiger charge is -2.17. The molecule has 0 saturated carbocycles. The first-order valence-electron chi connectivity index (χ1n) is 7.38. The third kappa shape index (κ3) is 5.53. The molecule has 0 spiro atoms. The van der Waals surface area contributed by atoms with Crippen LogP contribution < -0.4 is 14.8 Å². The summed E-state index contributed by atoms with van der Waals surface area (Å²) in [5, 5.41) is 3.31. The summed E-state index contributed by atoms with van der Waals surface area (Å²) in [5.41, 5.74) is 1.21. The molecule has 0 radical (unpaired) electrons. The van der Waals surface area contributed by atoms with Gasteiger partial charge in [-0.05, 0) is 38.0 Å². The number of benzene rings is 1. The van der Waals surface area contributed by atoms with Gasteiger partial charge < -0.3 is 19.7 Å². The molecule has 0 fully saturated rings. The molecule has 0 bridgehead atoms. The molecule has 1 rings (SSSR count). The van der Waals surface area contributed by atoms with Crippen molar-refractivity contribution in [2.45, 2.75) is 20.3 Å². The van der Waals surface area contributed by atoms with Crippen molar-refractivity contribution in [3.63, 3.8) is 0 Å². The van der Waals surface area contributed by atoms with Crippen molar-refractivity contribution in [2.24, 2.45) is 4.99 Å². The van der Waals surface area contributed by atoms with Crippen molar-refractivity contribution in [1.82, 2.24) is 10.2 Å². The van der Waals surface area contributed by atoms with Gasteiger partial charge in [0.05, 0.1) is 13.2 Å².